The highest BCUT2D eigenvalue weighted by Gasteiger charge is 2.51. The van der Waals surface area contributed by atoms with Crippen LogP contribution in [0.4, 0.5) is 5.69 Å². The minimum atomic E-state index is -0.549. The Hall–Kier alpha value is -1.53. The Morgan fingerprint density at radius 2 is 1.76 bits per heavy atom. The van der Waals surface area contributed by atoms with Crippen molar-refractivity contribution in [2.45, 2.75) is 45.8 Å². The zero-order valence-electron chi connectivity index (χ0n) is 13.2. The van der Waals surface area contributed by atoms with Gasteiger partial charge < -0.3 is 19.8 Å². The molecule has 114 valence electrons. The minimum absolute atomic E-state index is 0.319. The normalized spacial score (nSPS) is 19.6. The maximum Gasteiger partial charge on any atom is 0.494 e. The summed E-state index contributed by atoms with van der Waals surface area (Å²) in [4.78, 5) is 11.9. The standard InChI is InChI=1S/C15H22BNO4/c1-6-19-13(18)10-7-11(9-12(17)8-10)16-20-14(2,3)15(4,5)21-16/h7-9H,6,17H2,1-5H3. The van der Waals surface area contributed by atoms with Crippen LogP contribution in [0.15, 0.2) is 18.2 Å². The van der Waals surface area contributed by atoms with Crippen LogP contribution in [0.1, 0.15) is 45.0 Å². The average Bonchev–Trinajstić information content (AvgIpc) is 2.58. The molecule has 0 spiro atoms. The molecule has 1 heterocycles. The van der Waals surface area contributed by atoms with Crippen molar-refractivity contribution in [2.24, 2.45) is 0 Å². The highest BCUT2D eigenvalue weighted by Crippen LogP contribution is 2.36. The van der Waals surface area contributed by atoms with Crippen molar-refractivity contribution in [3.8, 4) is 0 Å². The number of esters is 1. The zero-order valence-corrected chi connectivity index (χ0v) is 13.2. The second-order valence-corrected chi connectivity index (χ2v) is 6.20. The van der Waals surface area contributed by atoms with Gasteiger partial charge in [0, 0.05) is 5.69 Å². The highest BCUT2D eigenvalue weighted by atomic mass is 16.7. The van der Waals surface area contributed by atoms with E-state index in [0.717, 1.165) is 5.46 Å². The smallest absolute Gasteiger partial charge is 0.462 e. The number of ether oxygens (including phenoxy) is 1. The van der Waals surface area contributed by atoms with E-state index in [-0.39, 0.29) is 0 Å². The average molecular weight is 291 g/mol. The Labute approximate surface area is 125 Å². The topological polar surface area (TPSA) is 70.8 Å². The Kier molecular flexibility index (Phi) is 4.04. The molecule has 0 unspecified atom stereocenters. The van der Waals surface area contributed by atoms with Gasteiger partial charge in [-0.2, -0.15) is 0 Å². The Balaban J connectivity index is 2.32. The molecule has 1 aromatic carbocycles. The molecule has 1 aromatic rings. The van der Waals surface area contributed by atoms with E-state index in [1.165, 1.54) is 0 Å². The van der Waals surface area contributed by atoms with E-state index in [4.69, 9.17) is 19.8 Å². The molecule has 1 aliphatic rings. The number of nitrogen functional groups attached to an aromatic ring is 1. The zero-order chi connectivity index (χ0) is 15.8. The molecule has 5 nitrogen and oxygen atoms in total. The van der Waals surface area contributed by atoms with Gasteiger partial charge in [0.2, 0.25) is 0 Å². The predicted molar refractivity (Wildman–Crippen MR) is 82.5 cm³/mol. The molecule has 0 aliphatic carbocycles. The van der Waals surface area contributed by atoms with Crippen LogP contribution in [-0.2, 0) is 14.0 Å². The molecular weight excluding hydrogens is 269 g/mol. The first kappa shape index (κ1) is 15.9. The maximum atomic E-state index is 11.9. The molecule has 0 radical (unpaired) electrons. The van der Waals surface area contributed by atoms with E-state index in [1.807, 2.05) is 27.7 Å². The van der Waals surface area contributed by atoms with Crippen molar-refractivity contribution in [2.75, 3.05) is 12.3 Å². The van der Waals surface area contributed by atoms with Crippen molar-refractivity contribution in [1.82, 2.24) is 0 Å². The Morgan fingerprint density at radius 3 is 2.29 bits per heavy atom. The molecule has 1 aliphatic heterocycles. The molecular formula is C15H22BNO4. The summed E-state index contributed by atoms with van der Waals surface area (Å²) in [5.41, 5.74) is 6.60. The molecule has 0 bridgehead atoms. The number of benzene rings is 1. The van der Waals surface area contributed by atoms with Crippen molar-refractivity contribution in [1.29, 1.82) is 0 Å². The fourth-order valence-electron chi connectivity index (χ4n) is 2.12. The summed E-state index contributed by atoms with van der Waals surface area (Å²) in [6, 6.07) is 5.05. The number of carbonyl (C=O) groups is 1. The summed E-state index contributed by atoms with van der Waals surface area (Å²) < 4.78 is 16.9. The highest BCUT2D eigenvalue weighted by molar-refractivity contribution is 6.62. The minimum Gasteiger partial charge on any atom is -0.462 e. The van der Waals surface area contributed by atoms with Gasteiger partial charge in [0.25, 0.3) is 0 Å². The summed E-state index contributed by atoms with van der Waals surface area (Å²) in [6.07, 6.45) is 0. The monoisotopic (exact) mass is 291 g/mol. The maximum absolute atomic E-state index is 11.9. The summed E-state index contributed by atoms with van der Waals surface area (Å²) in [6.45, 7) is 9.99. The van der Waals surface area contributed by atoms with E-state index >= 15 is 0 Å². The van der Waals surface area contributed by atoms with Gasteiger partial charge >= 0.3 is 13.1 Å². The van der Waals surface area contributed by atoms with E-state index in [2.05, 4.69) is 0 Å². The molecule has 0 amide bonds. The van der Waals surface area contributed by atoms with Crippen LogP contribution in [-0.4, -0.2) is 30.9 Å². The molecule has 2 rings (SSSR count). The van der Waals surface area contributed by atoms with E-state index < -0.39 is 24.3 Å². The number of anilines is 1. The van der Waals surface area contributed by atoms with Crippen molar-refractivity contribution >= 4 is 24.2 Å². The largest absolute Gasteiger partial charge is 0.494 e. The number of rotatable bonds is 3. The Morgan fingerprint density at radius 1 is 1.19 bits per heavy atom. The van der Waals surface area contributed by atoms with Gasteiger partial charge in [-0.25, -0.2) is 4.79 Å². The third kappa shape index (κ3) is 3.06. The number of hydrogen-bond donors (Lipinski definition) is 1. The van der Waals surface area contributed by atoms with E-state index in [9.17, 15) is 4.79 Å². The lowest BCUT2D eigenvalue weighted by Crippen LogP contribution is -2.41. The molecule has 0 aromatic heterocycles. The van der Waals surface area contributed by atoms with Crippen molar-refractivity contribution < 1.29 is 18.8 Å². The lowest BCUT2D eigenvalue weighted by atomic mass is 9.78. The van der Waals surface area contributed by atoms with Crippen molar-refractivity contribution in [3.05, 3.63) is 23.8 Å². The molecule has 21 heavy (non-hydrogen) atoms. The molecule has 0 saturated carbocycles. The number of carbonyl (C=O) groups excluding carboxylic acids is 1. The van der Waals surface area contributed by atoms with Gasteiger partial charge in [-0.15, -0.1) is 0 Å². The third-order valence-corrected chi connectivity index (χ3v) is 4.01. The first-order valence-electron chi connectivity index (χ1n) is 7.09. The SMILES string of the molecule is CCOC(=O)c1cc(N)cc(B2OC(C)(C)C(C)(C)O2)c1. The van der Waals surface area contributed by atoms with Gasteiger partial charge in [-0.3, -0.25) is 0 Å². The first-order valence-corrected chi connectivity index (χ1v) is 7.09. The van der Waals surface area contributed by atoms with Crippen LogP contribution >= 0.6 is 0 Å². The molecule has 6 heteroatoms. The summed E-state index contributed by atoms with van der Waals surface area (Å²) in [5, 5.41) is 0. The van der Waals surface area contributed by atoms with Gasteiger partial charge in [0.1, 0.15) is 0 Å². The van der Waals surface area contributed by atoms with Crippen LogP contribution in [0.5, 0.6) is 0 Å². The first-order chi connectivity index (χ1) is 9.66. The van der Waals surface area contributed by atoms with Crippen molar-refractivity contribution in [3.63, 3.8) is 0 Å². The summed E-state index contributed by atoms with van der Waals surface area (Å²) >= 11 is 0. The van der Waals surface area contributed by atoms with Gasteiger partial charge in [-0.1, -0.05) is 0 Å². The van der Waals surface area contributed by atoms with Gasteiger partial charge in [0.05, 0.1) is 23.4 Å². The van der Waals surface area contributed by atoms with E-state index in [0.29, 0.717) is 17.9 Å². The predicted octanol–water partition coefficient (Wildman–Crippen LogP) is 1.74. The fourth-order valence-corrected chi connectivity index (χ4v) is 2.12. The lowest BCUT2D eigenvalue weighted by Gasteiger charge is -2.32. The van der Waals surface area contributed by atoms with Crippen LogP contribution in [0, 0.1) is 0 Å². The summed E-state index contributed by atoms with van der Waals surface area (Å²) in [7, 11) is -0.549. The molecule has 1 fully saturated rings. The molecule has 1 saturated heterocycles. The number of hydrogen-bond acceptors (Lipinski definition) is 5. The fraction of sp³-hybridized carbons (Fsp3) is 0.533. The van der Waals surface area contributed by atoms with E-state index in [1.54, 1.807) is 25.1 Å². The third-order valence-electron chi connectivity index (χ3n) is 4.01. The van der Waals surface area contributed by atoms with Gasteiger partial charge in [0.15, 0.2) is 0 Å². The van der Waals surface area contributed by atoms with Crippen LogP contribution < -0.4 is 11.2 Å². The van der Waals surface area contributed by atoms with Crippen LogP contribution in [0.25, 0.3) is 0 Å². The second-order valence-electron chi connectivity index (χ2n) is 6.20. The molecule has 2 N–H and O–H groups in total. The second kappa shape index (κ2) is 5.35. The van der Waals surface area contributed by atoms with Gasteiger partial charge in [-0.05, 0) is 58.3 Å². The number of nitrogens with two attached hydrogens (primary N) is 1. The Bertz CT molecular complexity index is 541. The van der Waals surface area contributed by atoms with Crippen LogP contribution in [0.2, 0.25) is 0 Å². The van der Waals surface area contributed by atoms with Crippen LogP contribution in [0.3, 0.4) is 0 Å². The lowest BCUT2D eigenvalue weighted by molar-refractivity contribution is 0.00578. The molecule has 0 atom stereocenters. The summed E-state index contributed by atoms with van der Waals surface area (Å²) in [5.74, 6) is -0.400. The quantitative estimate of drug-likeness (QED) is 0.522.